The molecule has 2 aliphatic rings. The Morgan fingerprint density at radius 2 is 1.80 bits per heavy atom. The fraction of sp³-hybridized carbons (Fsp3) is 0.360. The number of hydrogen-bond acceptors (Lipinski definition) is 2. The second-order valence-electron chi connectivity index (χ2n) is 8.94. The smallest absolute Gasteiger partial charge is 0.232 e. The number of carbonyl (C=O) groups is 2. The molecule has 2 aromatic rings. The molecule has 0 bridgehead atoms. The van der Waals surface area contributed by atoms with E-state index in [1.807, 2.05) is 38.1 Å². The fourth-order valence-electron chi connectivity index (χ4n) is 4.69. The van der Waals surface area contributed by atoms with Crippen LogP contribution in [0.15, 0.2) is 53.7 Å². The van der Waals surface area contributed by atoms with Crippen LogP contribution < -0.4 is 4.90 Å². The minimum Gasteiger partial charge on any atom is -0.294 e. The van der Waals surface area contributed by atoms with Crippen molar-refractivity contribution in [1.29, 1.82) is 0 Å². The molecule has 1 amide bonds. The van der Waals surface area contributed by atoms with Gasteiger partial charge in [0.05, 0.1) is 0 Å². The van der Waals surface area contributed by atoms with Gasteiger partial charge < -0.3 is 0 Å². The van der Waals surface area contributed by atoms with Gasteiger partial charge in [0.2, 0.25) is 5.91 Å². The molecule has 5 heteroatoms. The molecule has 0 N–H and O–H groups in total. The monoisotopic (exact) mass is 425 g/mol. The first-order chi connectivity index (χ1) is 14.2. The number of Topliss-reactive ketones (excluding diaryl/α,β-unsaturated/α-hetero) is 1. The average Bonchev–Trinajstić information content (AvgIpc) is 2.66. The van der Waals surface area contributed by atoms with Gasteiger partial charge in [0.25, 0.3) is 0 Å². The van der Waals surface area contributed by atoms with E-state index in [0.29, 0.717) is 24.1 Å². The standard InChI is InChI=1S/C25H25ClFNO2/c1-4-15-8-10-16(11-9-15)28-20-13-25(2,3)14-21(29)24(20)17(12-22(28)30)23-18(26)6-5-7-19(23)27/h5-11,17H,4,12-14H2,1-3H3. The third-order valence-electron chi connectivity index (χ3n) is 6.09. The summed E-state index contributed by atoms with van der Waals surface area (Å²) in [5.41, 5.74) is 3.09. The number of rotatable bonds is 3. The van der Waals surface area contributed by atoms with E-state index in [1.54, 1.807) is 11.0 Å². The molecule has 1 unspecified atom stereocenters. The normalized spacial score (nSPS) is 21.1. The zero-order valence-corrected chi connectivity index (χ0v) is 18.2. The molecule has 0 spiro atoms. The minimum atomic E-state index is -0.657. The summed E-state index contributed by atoms with van der Waals surface area (Å²) in [4.78, 5) is 28.3. The van der Waals surface area contributed by atoms with E-state index < -0.39 is 11.7 Å². The fourth-order valence-corrected chi connectivity index (χ4v) is 4.98. The van der Waals surface area contributed by atoms with E-state index in [4.69, 9.17) is 11.6 Å². The van der Waals surface area contributed by atoms with Crippen molar-refractivity contribution in [3.8, 4) is 0 Å². The molecule has 1 atom stereocenters. The summed E-state index contributed by atoms with van der Waals surface area (Å²) in [6.07, 6.45) is 1.85. The quantitative estimate of drug-likeness (QED) is 0.586. The van der Waals surface area contributed by atoms with Crippen molar-refractivity contribution in [3.63, 3.8) is 0 Å². The number of halogens is 2. The molecule has 3 nitrogen and oxygen atoms in total. The summed E-state index contributed by atoms with van der Waals surface area (Å²) in [5, 5.41) is 0.248. The maximum absolute atomic E-state index is 14.8. The molecular formula is C25H25ClFNO2. The van der Waals surface area contributed by atoms with E-state index in [2.05, 4.69) is 6.92 Å². The molecule has 2 aromatic carbocycles. The molecule has 0 saturated heterocycles. The van der Waals surface area contributed by atoms with Gasteiger partial charge in [-0.15, -0.1) is 0 Å². The number of nitrogens with zero attached hydrogens (tertiary/aromatic N) is 1. The highest BCUT2D eigenvalue weighted by Gasteiger charge is 2.45. The summed E-state index contributed by atoms with van der Waals surface area (Å²) in [6.45, 7) is 6.13. The van der Waals surface area contributed by atoms with Gasteiger partial charge >= 0.3 is 0 Å². The Balaban J connectivity index is 1.91. The van der Waals surface area contributed by atoms with Crippen molar-refractivity contribution in [2.75, 3.05) is 4.90 Å². The first kappa shape index (κ1) is 20.8. The molecule has 1 aliphatic heterocycles. The molecule has 1 aliphatic carbocycles. The summed E-state index contributed by atoms with van der Waals surface area (Å²) < 4.78 is 14.8. The van der Waals surface area contributed by atoms with Gasteiger partial charge in [0.15, 0.2) is 5.78 Å². The predicted octanol–water partition coefficient (Wildman–Crippen LogP) is 6.21. The van der Waals surface area contributed by atoms with Crippen LogP contribution in [0.3, 0.4) is 0 Å². The summed E-state index contributed by atoms with van der Waals surface area (Å²) in [6, 6.07) is 12.3. The van der Waals surface area contributed by atoms with E-state index in [-0.39, 0.29) is 34.1 Å². The molecule has 156 valence electrons. The predicted molar refractivity (Wildman–Crippen MR) is 117 cm³/mol. The lowest BCUT2D eigenvalue weighted by Crippen LogP contribution is -2.44. The van der Waals surface area contributed by atoms with Gasteiger partial charge in [-0.05, 0) is 48.1 Å². The van der Waals surface area contributed by atoms with Crippen LogP contribution in [0.5, 0.6) is 0 Å². The zero-order valence-electron chi connectivity index (χ0n) is 17.5. The SMILES string of the molecule is CCc1ccc(N2C(=O)CC(c3c(F)cccc3Cl)C3=C2CC(C)(C)CC3=O)cc1. The number of allylic oxidation sites excluding steroid dienone is 2. The number of hydrogen-bond donors (Lipinski definition) is 0. The van der Waals surface area contributed by atoms with Crippen molar-refractivity contribution in [2.45, 2.75) is 52.4 Å². The number of anilines is 1. The van der Waals surface area contributed by atoms with Gasteiger partial charge in [-0.1, -0.05) is 50.6 Å². The number of carbonyl (C=O) groups excluding carboxylic acids is 2. The first-order valence-electron chi connectivity index (χ1n) is 10.3. The molecular weight excluding hydrogens is 401 g/mol. The Morgan fingerprint density at radius 3 is 2.43 bits per heavy atom. The molecule has 0 saturated carbocycles. The second kappa shape index (κ2) is 7.66. The maximum Gasteiger partial charge on any atom is 0.232 e. The van der Waals surface area contributed by atoms with Crippen molar-refractivity contribution in [3.05, 3.63) is 75.7 Å². The lowest BCUT2D eigenvalue weighted by molar-refractivity contribution is -0.121. The van der Waals surface area contributed by atoms with Crippen LogP contribution in [-0.2, 0) is 16.0 Å². The summed E-state index contributed by atoms with van der Waals surface area (Å²) in [7, 11) is 0. The third kappa shape index (κ3) is 3.58. The van der Waals surface area contributed by atoms with E-state index in [1.165, 1.54) is 17.7 Å². The molecule has 0 aromatic heterocycles. The van der Waals surface area contributed by atoms with Crippen molar-refractivity contribution in [2.24, 2.45) is 5.41 Å². The van der Waals surface area contributed by atoms with Crippen LogP contribution in [0.4, 0.5) is 10.1 Å². The van der Waals surface area contributed by atoms with Gasteiger partial charge in [-0.25, -0.2) is 4.39 Å². The van der Waals surface area contributed by atoms with Crippen LogP contribution in [0.2, 0.25) is 5.02 Å². The largest absolute Gasteiger partial charge is 0.294 e. The highest BCUT2D eigenvalue weighted by Crippen LogP contribution is 2.49. The van der Waals surface area contributed by atoms with Crippen LogP contribution in [-0.4, -0.2) is 11.7 Å². The Kier molecular flexibility index (Phi) is 5.31. The van der Waals surface area contributed by atoms with E-state index >= 15 is 0 Å². The highest BCUT2D eigenvalue weighted by molar-refractivity contribution is 6.31. The second-order valence-corrected chi connectivity index (χ2v) is 9.35. The summed E-state index contributed by atoms with van der Waals surface area (Å²) in [5.74, 6) is -1.32. The topological polar surface area (TPSA) is 37.4 Å². The van der Waals surface area contributed by atoms with Crippen LogP contribution in [0, 0.1) is 11.2 Å². The number of benzene rings is 2. The summed E-state index contributed by atoms with van der Waals surface area (Å²) >= 11 is 6.33. The van der Waals surface area contributed by atoms with E-state index in [9.17, 15) is 14.0 Å². The van der Waals surface area contributed by atoms with Crippen molar-refractivity contribution < 1.29 is 14.0 Å². The van der Waals surface area contributed by atoms with Gasteiger partial charge in [-0.3, -0.25) is 14.5 Å². The Morgan fingerprint density at radius 1 is 1.10 bits per heavy atom. The first-order valence-corrected chi connectivity index (χ1v) is 10.7. The van der Waals surface area contributed by atoms with Crippen molar-refractivity contribution in [1.82, 2.24) is 0 Å². The molecule has 30 heavy (non-hydrogen) atoms. The lowest BCUT2D eigenvalue weighted by atomic mass is 9.69. The number of aryl methyl sites for hydroxylation is 1. The molecule has 4 rings (SSSR count). The van der Waals surface area contributed by atoms with Crippen LogP contribution >= 0.6 is 11.6 Å². The van der Waals surface area contributed by atoms with Crippen molar-refractivity contribution >= 4 is 29.0 Å². The average molecular weight is 426 g/mol. The Hall–Kier alpha value is -2.46. The molecule has 0 fully saturated rings. The van der Waals surface area contributed by atoms with Gasteiger partial charge in [0.1, 0.15) is 5.82 Å². The number of ketones is 1. The molecule has 1 heterocycles. The Labute approximate surface area is 181 Å². The Bertz CT molecular complexity index is 1040. The van der Waals surface area contributed by atoms with E-state index in [0.717, 1.165) is 12.1 Å². The minimum absolute atomic E-state index is 0.0151. The zero-order chi connectivity index (χ0) is 21.6. The highest BCUT2D eigenvalue weighted by atomic mass is 35.5. The molecule has 0 radical (unpaired) electrons. The number of amides is 1. The third-order valence-corrected chi connectivity index (χ3v) is 6.42. The maximum atomic E-state index is 14.8. The van der Waals surface area contributed by atoms with Gasteiger partial charge in [-0.2, -0.15) is 0 Å². The van der Waals surface area contributed by atoms with Crippen LogP contribution in [0.25, 0.3) is 0 Å². The van der Waals surface area contributed by atoms with Crippen LogP contribution in [0.1, 0.15) is 57.1 Å². The van der Waals surface area contributed by atoms with Gasteiger partial charge in [0, 0.05) is 46.3 Å². The lowest BCUT2D eigenvalue weighted by Gasteiger charge is -2.43.